The summed E-state index contributed by atoms with van der Waals surface area (Å²) in [6, 6.07) is 22.0. The molecular formula is C23H20ClN3O2S. The number of para-hydroxylation sites is 1. The van der Waals surface area contributed by atoms with Gasteiger partial charge in [0.2, 0.25) is 5.91 Å². The average molecular weight is 438 g/mol. The summed E-state index contributed by atoms with van der Waals surface area (Å²) in [7, 11) is 0. The highest BCUT2D eigenvalue weighted by atomic mass is 35.5. The summed E-state index contributed by atoms with van der Waals surface area (Å²) in [6.07, 6.45) is 0. The van der Waals surface area contributed by atoms with E-state index in [0.29, 0.717) is 22.2 Å². The van der Waals surface area contributed by atoms with Gasteiger partial charge in [0.1, 0.15) is 5.37 Å². The molecule has 1 saturated heterocycles. The molecule has 1 aliphatic rings. The lowest BCUT2D eigenvalue weighted by Gasteiger charge is -2.26. The number of rotatable bonds is 4. The molecule has 1 fully saturated rings. The Kier molecular flexibility index (Phi) is 5.97. The first-order valence-electron chi connectivity index (χ1n) is 9.44. The van der Waals surface area contributed by atoms with Crippen LogP contribution in [-0.4, -0.2) is 17.7 Å². The topological polar surface area (TPSA) is 61.4 Å². The van der Waals surface area contributed by atoms with Crippen molar-refractivity contribution < 1.29 is 9.59 Å². The van der Waals surface area contributed by atoms with E-state index in [1.54, 1.807) is 36.0 Å². The van der Waals surface area contributed by atoms with Gasteiger partial charge in [-0.2, -0.15) is 0 Å². The zero-order valence-corrected chi connectivity index (χ0v) is 17.8. The number of thioether (sulfide) groups is 1. The van der Waals surface area contributed by atoms with Crippen LogP contribution in [0.4, 0.5) is 21.9 Å². The Bertz CT molecular complexity index is 1070. The van der Waals surface area contributed by atoms with Gasteiger partial charge in [-0.05, 0) is 60.5 Å². The van der Waals surface area contributed by atoms with Crippen LogP contribution in [0.15, 0.2) is 72.8 Å². The molecule has 2 N–H and O–H groups in total. The number of aryl methyl sites for hydroxylation is 1. The van der Waals surface area contributed by atoms with Crippen LogP contribution in [0.1, 0.15) is 16.5 Å². The number of carbonyl (C=O) groups excluding carboxylic acids is 2. The Labute approximate surface area is 184 Å². The number of halogens is 1. The van der Waals surface area contributed by atoms with E-state index in [1.807, 2.05) is 60.4 Å². The van der Waals surface area contributed by atoms with Crippen molar-refractivity contribution in [2.24, 2.45) is 0 Å². The normalized spacial score (nSPS) is 15.9. The Morgan fingerprint density at radius 2 is 1.57 bits per heavy atom. The lowest BCUT2D eigenvalue weighted by atomic mass is 10.1. The SMILES string of the molecule is Cc1ccccc1N1C(=O)CSC1c1ccc(NC(=O)Nc2ccc(Cl)cc2)cc1. The van der Waals surface area contributed by atoms with Gasteiger partial charge in [0.25, 0.3) is 0 Å². The maximum atomic E-state index is 12.5. The number of amides is 3. The predicted octanol–water partition coefficient (Wildman–Crippen LogP) is 6.07. The summed E-state index contributed by atoms with van der Waals surface area (Å²) >= 11 is 7.46. The van der Waals surface area contributed by atoms with Crippen molar-refractivity contribution in [1.29, 1.82) is 0 Å². The molecular weight excluding hydrogens is 418 g/mol. The first kappa shape index (κ1) is 20.3. The van der Waals surface area contributed by atoms with Crippen molar-refractivity contribution in [3.8, 4) is 0 Å². The largest absolute Gasteiger partial charge is 0.323 e. The minimum atomic E-state index is -0.336. The number of nitrogens with zero attached hydrogens (tertiary/aromatic N) is 1. The van der Waals surface area contributed by atoms with Crippen molar-refractivity contribution in [3.05, 3.63) is 88.9 Å². The Hall–Kier alpha value is -2.96. The standard InChI is InChI=1S/C23H20ClN3O2S/c1-15-4-2-3-5-20(15)27-21(28)14-30-22(27)16-6-10-18(11-7-16)25-23(29)26-19-12-8-17(24)9-13-19/h2-13,22H,14H2,1H3,(H2,25,26,29). The third kappa shape index (κ3) is 4.45. The molecule has 30 heavy (non-hydrogen) atoms. The van der Waals surface area contributed by atoms with E-state index >= 15 is 0 Å². The van der Waals surface area contributed by atoms with E-state index in [1.165, 1.54) is 0 Å². The molecule has 3 amide bonds. The second kappa shape index (κ2) is 8.81. The van der Waals surface area contributed by atoms with Crippen LogP contribution in [0.25, 0.3) is 0 Å². The molecule has 1 heterocycles. The Morgan fingerprint density at radius 1 is 0.967 bits per heavy atom. The first-order valence-corrected chi connectivity index (χ1v) is 10.9. The van der Waals surface area contributed by atoms with Gasteiger partial charge >= 0.3 is 6.03 Å². The Balaban J connectivity index is 1.46. The van der Waals surface area contributed by atoms with E-state index in [-0.39, 0.29) is 17.3 Å². The molecule has 0 bridgehead atoms. The van der Waals surface area contributed by atoms with Crippen molar-refractivity contribution in [2.75, 3.05) is 21.3 Å². The lowest BCUT2D eigenvalue weighted by Crippen LogP contribution is -2.28. The lowest BCUT2D eigenvalue weighted by molar-refractivity contribution is -0.115. The number of carbonyl (C=O) groups is 2. The van der Waals surface area contributed by atoms with Crippen LogP contribution in [0.5, 0.6) is 0 Å². The molecule has 1 atom stereocenters. The molecule has 0 aliphatic carbocycles. The molecule has 7 heteroatoms. The fourth-order valence-electron chi connectivity index (χ4n) is 3.32. The van der Waals surface area contributed by atoms with Crippen molar-refractivity contribution in [3.63, 3.8) is 0 Å². The third-order valence-electron chi connectivity index (χ3n) is 4.80. The summed E-state index contributed by atoms with van der Waals surface area (Å²) in [4.78, 5) is 26.6. The third-order valence-corrected chi connectivity index (χ3v) is 6.26. The number of benzene rings is 3. The number of hydrogen-bond donors (Lipinski definition) is 2. The van der Waals surface area contributed by atoms with Crippen LogP contribution in [0.3, 0.4) is 0 Å². The number of anilines is 3. The number of urea groups is 1. The quantitative estimate of drug-likeness (QED) is 0.520. The van der Waals surface area contributed by atoms with Crippen molar-refractivity contribution >= 4 is 52.4 Å². The van der Waals surface area contributed by atoms with Gasteiger partial charge in [-0.1, -0.05) is 41.9 Å². The van der Waals surface area contributed by atoms with Gasteiger partial charge in [0.05, 0.1) is 5.75 Å². The van der Waals surface area contributed by atoms with Gasteiger partial charge in [0.15, 0.2) is 0 Å². The molecule has 5 nitrogen and oxygen atoms in total. The smallest absolute Gasteiger partial charge is 0.308 e. The van der Waals surface area contributed by atoms with Gasteiger partial charge in [0, 0.05) is 22.1 Å². The summed E-state index contributed by atoms with van der Waals surface area (Å²) in [5.74, 6) is 0.548. The molecule has 3 aromatic rings. The monoisotopic (exact) mass is 437 g/mol. The van der Waals surface area contributed by atoms with E-state index in [2.05, 4.69) is 10.6 Å². The fraction of sp³-hybridized carbons (Fsp3) is 0.130. The molecule has 1 aliphatic heterocycles. The zero-order chi connectivity index (χ0) is 21.1. The maximum absolute atomic E-state index is 12.5. The molecule has 152 valence electrons. The van der Waals surface area contributed by atoms with Crippen LogP contribution in [0, 0.1) is 6.92 Å². The van der Waals surface area contributed by atoms with Gasteiger partial charge in [-0.3, -0.25) is 9.69 Å². The summed E-state index contributed by atoms with van der Waals surface area (Å²) in [6.45, 7) is 2.01. The highest BCUT2D eigenvalue weighted by molar-refractivity contribution is 8.00. The van der Waals surface area contributed by atoms with E-state index in [9.17, 15) is 9.59 Å². The number of hydrogen-bond acceptors (Lipinski definition) is 3. The molecule has 0 saturated carbocycles. The summed E-state index contributed by atoms with van der Waals surface area (Å²) in [5.41, 5.74) is 4.33. The van der Waals surface area contributed by atoms with E-state index < -0.39 is 0 Å². The predicted molar refractivity (Wildman–Crippen MR) is 124 cm³/mol. The van der Waals surface area contributed by atoms with E-state index in [0.717, 1.165) is 16.8 Å². The van der Waals surface area contributed by atoms with Crippen molar-refractivity contribution in [1.82, 2.24) is 0 Å². The second-order valence-electron chi connectivity index (χ2n) is 6.92. The molecule has 4 rings (SSSR count). The highest BCUT2D eigenvalue weighted by Gasteiger charge is 2.34. The number of nitrogens with one attached hydrogen (secondary N) is 2. The van der Waals surface area contributed by atoms with Gasteiger partial charge < -0.3 is 10.6 Å². The zero-order valence-electron chi connectivity index (χ0n) is 16.3. The maximum Gasteiger partial charge on any atom is 0.323 e. The van der Waals surface area contributed by atoms with E-state index in [4.69, 9.17) is 11.6 Å². The first-order chi connectivity index (χ1) is 14.5. The van der Waals surface area contributed by atoms with Crippen LogP contribution < -0.4 is 15.5 Å². The highest BCUT2D eigenvalue weighted by Crippen LogP contribution is 2.42. The second-order valence-corrected chi connectivity index (χ2v) is 8.43. The minimum Gasteiger partial charge on any atom is -0.308 e. The van der Waals surface area contributed by atoms with Crippen LogP contribution in [-0.2, 0) is 4.79 Å². The van der Waals surface area contributed by atoms with Gasteiger partial charge in [-0.25, -0.2) is 4.79 Å². The molecule has 0 aromatic heterocycles. The van der Waals surface area contributed by atoms with Gasteiger partial charge in [-0.15, -0.1) is 11.8 Å². The summed E-state index contributed by atoms with van der Waals surface area (Å²) < 4.78 is 0. The fourth-order valence-corrected chi connectivity index (χ4v) is 4.62. The molecule has 0 spiro atoms. The summed E-state index contributed by atoms with van der Waals surface area (Å²) in [5, 5.41) is 6.10. The van der Waals surface area contributed by atoms with Crippen LogP contribution in [0.2, 0.25) is 5.02 Å². The average Bonchev–Trinajstić information content (AvgIpc) is 3.12. The Morgan fingerprint density at radius 3 is 2.20 bits per heavy atom. The van der Waals surface area contributed by atoms with Crippen LogP contribution >= 0.6 is 23.4 Å². The minimum absolute atomic E-state index is 0.0875. The van der Waals surface area contributed by atoms with Crippen molar-refractivity contribution in [2.45, 2.75) is 12.3 Å². The molecule has 3 aromatic carbocycles. The molecule has 0 radical (unpaired) electrons. The molecule has 1 unspecified atom stereocenters.